The van der Waals surface area contributed by atoms with Crippen molar-refractivity contribution in [2.24, 2.45) is 23.2 Å². The van der Waals surface area contributed by atoms with Crippen molar-refractivity contribution in [3.63, 3.8) is 0 Å². The molecule has 2 N–H and O–H groups in total. The normalized spacial score (nSPS) is 28.5. The van der Waals surface area contributed by atoms with Crippen LogP contribution in [0.2, 0.25) is 0 Å². The number of ether oxygens (including phenoxy) is 2. The quantitative estimate of drug-likeness (QED) is 0.167. The van der Waals surface area contributed by atoms with E-state index in [4.69, 9.17) is 9.47 Å². The lowest BCUT2D eigenvalue weighted by Gasteiger charge is -2.46. The third kappa shape index (κ3) is 9.21. The number of fused-ring (bicyclic) bond motifs is 8. The molecule has 3 aromatic carbocycles. The molecular weight excluding hydrogens is 687 g/mol. The average molecular weight is 750 g/mol. The second-order valence-electron chi connectivity index (χ2n) is 17.6. The molecule has 3 aromatic rings. The minimum absolute atomic E-state index is 0.0923. The highest BCUT2D eigenvalue weighted by Gasteiger charge is 2.58. The molecule has 7 atom stereocenters. The summed E-state index contributed by atoms with van der Waals surface area (Å²) in [5.41, 5.74) is 3.22. The Bertz CT molecular complexity index is 1800. The first-order valence-electron chi connectivity index (χ1n) is 20.7. The van der Waals surface area contributed by atoms with Crippen molar-refractivity contribution in [2.75, 3.05) is 13.7 Å². The molecule has 7 heteroatoms. The highest BCUT2D eigenvalue weighted by Crippen LogP contribution is 2.59. The lowest BCUT2D eigenvalue weighted by Crippen LogP contribution is -2.54. The molecule has 296 valence electrons. The molecule has 0 heterocycles. The Labute approximate surface area is 329 Å². The van der Waals surface area contributed by atoms with Crippen LogP contribution in [0.4, 0.5) is 4.79 Å². The van der Waals surface area contributed by atoms with Crippen LogP contribution in [0.15, 0.2) is 84.4 Å². The van der Waals surface area contributed by atoms with E-state index in [2.05, 4.69) is 46.8 Å². The summed E-state index contributed by atoms with van der Waals surface area (Å²) in [5.74, 6) is 1.61. The van der Waals surface area contributed by atoms with E-state index >= 15 is 0 Å². The Morgan fingerprint density at radius 2 is 1.71 bits per heavy atom. The second-order valence-corrected chi connectivity index (χ2v) is 17.6. The van der Waals surface area contributed by atoms with Crippen LogP contribution in [0.1, 0.15) is 131 Å². The van der Waals surface area contributed by atoms with E-state index in [9.17, 15) is 19.8 Å². The minimum Gasteiger partial charge on any atom is -0.497 e. The van der Waals surface area contributed by atoms with Gasteiger partial charge in [-0.1, -0.05) is 88.2 Å². The van der Waals surface area contributed by atoms with Crippen molar-refractivity contribution in [1.29, 1.82) is 0 Å². The number of allylic oxidation sites excluding steroid dienone is 2. The molecule has 7 nitrogen and oxygen atoms in total. The number of aliphatic hydroxyl groups is 2. The highest BCUT2D eigenvalue weighted by atomic mass is 16.6. The van der Waals surface area contributed by atoms with E-state index in [1.807, 2.05) is 42.5 Å². The molecule has 7 unspecified atom stereocenters. The van der Waals surface area contributed by atoms with Crippen molar-refractivity contribution in [2.45, 2.75) is 129 Å². The van der Waals surface area contributed by atoms with Gasteiger partial charge in [0, 0.05) is 23.1 Å². The molecule has 4 aliphatic carbocycles. The predicted octanol–water partition coefficient (Wildman–Crippen LogP) is 10.1. The fraction of sp³-hybridized carbons (Fsp3) is 0.542. The number of hydrogen-bond acceptors (Lipinski definition) is 6. The summed E-state index contributed by atoms with van der Waals surface area (Å²) in [7, 11) is 1.61. The fourth-order valence-electron chi connectivity index (χ4n) is 9.85. The molecule has 1 amide bonds. The van der Waals surface area contributed by atoms with E-state index < -0.39 is 17.1 Å². The molecule has 0 saturated heterocycles. The standard InChI is InChI=1S/C48H63NO6/c1-32(2)40-22-15-34(4)27-44(40)55-46(52)49(30-35-12-8-7-9-13-35)31-48(53)26-24-43-41-23-16-36(28-38(50)19-14-33(3)11-10-25-47(43,48)5)29-42(41)45(51)37-17-20-39(54-6)21-18-37/h7-9,11-13,16-18,20-21,23,29,32,34,38,40,43-44,50,53H,10,14-15,19,22,24-28,30-31H2,1-6H3. The maximum atomic E-state index is 14.5. The Balaban J connectivity index is 1.40. The Morgan fingerprint density at radius 1 is 0.964 bits per heavy atom. The molecular formula is C48H63NO6. The number of benzene rings is 3. The van der Waals surface area contributed by atoms with Crippen molar-refractivity contribution in [1.82, 2.24) is 4.90 Å². The lowest BCUT2D eigenvalue weighted by molar-refractivity contribution is -0.0876. The smallest absolute Gasteiger partial charge is 0.410 e. The van der Waals surface area contributed by atoms with Gasteiger partial charge in [0.25, 0.3) is 0 Å². The Kier molecular flexibility index (Phi) is 12.9. The molecule has 7 rings (SSSR count). The van der Waals surface area contributed by atoms with E-state index in [-0.39, 0.29) is 30.4 Å². The average Bonchev–Trinajstić information content (AvgIpc) is 3.42. The summed E-state index contributed by atoms with van der Waals surface area (Å²) in [4.78, 5) is 30.7. The maximum Gasteiger partial charge on any atom is 0.410 e. The van der Waals surface area contributed by atoms with E-state index in [1.165, 1.54) is 5.57 Å². The van der Waals surface area contributed by atoms with Gasteiger partial charge in [-0.2, -0.15) is 0 Å². The highest BCUT2D eigenvalue weighted by molar-refractivity contribution is 6.10. The number of amides is 1. The molecule has 2 fully saturated rings. The topological polar surface area (TPSA) is 96.3 Å². The Hall–Kier alpha value is -3.94. The van der Waals surface area contributed by atoms with Crippen molar-refractivity contribution < 1.29 is 29.3 Å². The first-order chi connectivity index (χ1) is 26.3. The zero-order chi connectivity index (χ0) is 39.3. The number of aliphatic hydroxyl groups excluding tert-OH is 1. The van der Waals surface area contributed by atoms with E-state index in [0.29, 0.717) is 73.3 Å². The molecule has 55 heavy (non-hydrogen) atoms. The minimum atomic E-state index is -1.27. The summed E-state index contributed by atoms with van der Waals surface area (Å²) >= 11 is 0. The van der Waals surface area contributed by atoms with Crippen LogP contribution < -0.4 is 4.74 Å². The SMILES string of the molecule is COc1ccc(C(=O)c2cc3ccc2C2CCC(O)(CN(Cc4ccccc4)C(=O)OC4CC(C)CCC4C(C)C)C2(C)CCC=C(C)CCC(O)C3)cc1. The van der Waals surface area contributed by atoms with Crippen LogP contribution in [0, 0.1) is 23.2 Å². The van der Waals surface area contributed by atoms with Crippen molar-refractivity contribution in [3.05, 3.63) is 112 Å². The molecule has 2 bridgehead atoms. The predicted molar refractivity (Wildman–Crippen MR) is 218 cm³/mol. The second kappa shape index (κ2) is 17.5. The van der Waals surface area contributed by atoms with Crippen LogP contribution in [0.3, 0.4) is 0 Å². The zero-order valence-electron chi connectivity index (χ0n) is 33.9. The molecule has 0 spiro atoms. The van der Waals surface area contributed by atoms with Crippen LogP contribution in [0.25, 0.3) is 0 Å². The van der Waals surface area contributed by atoms with Gasteiger partial charge in [0.1, 0.15) is 11.9 Å². The largest absolute Gasteiger partial charge is 0.497 e. The number of carbonyl (C=O) groups excluding carboxylic acids is 2. The van der Waals surface area contributed by atoms with Gasteiger partial charge in [-0.25, -0.2) is 4.79 Å². The number of hydrogen-bond donors (Lipinski definition) is 2. The monoisotopic (exact) mass is 749 g/mol. The van der Waals surface area contributed by atoms with E-state index in [0.717, 1.165) is 48.8 Å². The summed E-state index contributed by atoms with van der Waals surface area (Å²) in [6, 6.07) is 23.3. The summed E-state index contributed by atoms with van der Waals surface area (Å²) in [6.45, 7) is 11.4. The van der Waals surface area contributed by atoms with Crippen LogP contribution in [-0.2, 0) is 17.7 Å². The number of methoxy groups -OCH3 is 1. The first-order valence-corrected chi connectivity index (χ1v) is 20.7. The van der Waals surface area contributed by atoms with Gasteiger partial charge in [-0.05, 0) is 135 Å². The lowest BCUT2D eigenvalue weighted by atomic mass is 9.64. The fourth-order valence-corrected chi connectivity index (χ4v) is 9.85. The third-order valence-electron chi connectivity index (χ3n) is 13.4. The van der Waals surface area contributed by atoms with Gasteiger partial charge >= 0.3 is 6.09 Å². The van der Waals surface area contributed by atoms with Crippen LogP contribution in [0.5, 0.6) is 5.75 Å². The molecule has 4 aliphatic rings. The van der Waals surface area contributed by atoms with Crippen LogP contribution in [-0.4, -0.2) is 58.5 Å². The van der Waals surface area contributed by atoms with Gasteiger partial charge in [0.05, 0.1) is 25.4 Å². The number of carbonyl (C=O) groups is 2. The van der Waals surface area contributed by atoms with Crippen molar-refractivity contribution >= 4 is 11.9 Å². The van der Waals surface area contributed by atoms with Crippen LogP contribution >= 0.6 is 0 Å². The van der Waals surface area contributed by atoms with E-state index in [1.54, 1.807) is 36.3 Å². The summed E-state index contributed by atoms with van der Waals surface area (Å²) in [5, 5.41) is 24.2. The molecule has 0 aromatic heterocycles. The maximum absolute atomic E-state index is 14.5. The van der Waals surface area contributed by atoms with Gasteiger partial charge in [-0.3, -0.25) is 4.79 Å². The third-order valence-corrected chi connectivity index (χ3v) is 13.4. The van der Waals surface area contributed by atoms with Gasteiger partial charge in [0.2, 0.25) is 0 Å². The summed E-state index contributed by atoms with van der Waals surface area (Å²) < 4.78 is 11.9. The van der Waals surface area contributed by atoms with Crippen molar-refractivity contribution in [3.8, 4) is 5.75 Å². The van der Waals surface area contributed by atoms with Gasteiger partial charge in [-0.15, -0.1) is 0 Å². The molecule has 2 saturated carbocycles. The Morgan fingerprint density at radius 3 is 2.42 bits per heavy atom. The van der Waals surface area contributed by atoms with Gasteiger partial charge < -0.3 is 24.6 Å². The summed E-state index contributed by atoms with van der Waals surface area (Å²) in [6.07, 6.45) is 8.60. The molecule has 0 radical (unpaired) electrons. The number of ketones is 1. The number of nitrogens with zero attached hydrogens (tertiary/aromatic N) is 1. The zero-order valence-corrected chi connectivity index (χ0v) is 33.9. The van der Waals surface area contributed by atoms with Gasteiger partial charge in [0.15, 0.2) is 5.78 Å². The number of rotatable bonds is 9. The first kappa shape index (κ1) is 40.7. The molecule has 0 aliphatic heterocycles.